The molecule has 0 spiro atoms. The Bertz CT molecular complexity index is 1220. The fourth-order valence-electron chi connectivity index (χ4n) is 5.28. The molecule has 1 amide bonds. The first kappa shape index (κ1) is 23.5. The number of piperidine rings is 1. The molecule has 0 aliphatic carbocycles. The lowest BCUT2D eigenvalue weighted by Gasteiger charge is -2.36. The highest BCUT2D eigenvalue weighted by molar-refractivity contribution is 8.26. The molecule has 0 bridgehead atoms. The number of thioether (sulfide) groups is 1. The number of nitrogens with zero attached hydrogens (tertiary/aromatic N) is 4. The number of pyridine rings is 1. The van der Waals surface area contributed by atoms with Gasteiger partial charge < -0.3 is 9.64 Å². The maximum atomic E-state index is 13.7. The Morgan fingerprint density at radius 3 is 2.74 bits per heavy atom. The molecular weight excluding hydrogens is 468 g/mol. The predicted molar refractivity (Wildman–Crippen MR) is 140 cm³/mol. The van der Waals surface area contributed by atoms with Crippen LogP contribution in [0.2, 0.25) is 0 Å². The van der Waals surface area contributed by atoms with Crippen LogP contribution in [0.15, 0.2) is 28.0 Å². The summed E-state index contributed by atoms with van der Waals surface area (Å²) in [6.45, 7) is 9.28. The van der Waals surface area contributed by atoms with Gasteiger partial charge in [-0.1, -0.05) is 43.9 Å². The fraction of sp³-hybridized carbons (Fsp3) is 0.520. The van der Waals surface area contributed by atoms with E-state index in [9.17, 15) is 9.59 Å². The molecule has 7 nitrogen and oxygen atoms in total. The van der Waals surface area contributed by atoms with Crippen molar-refractivity contribution in [3.05, 3.63) is 44.7 Å². The lowest BCUT2D eigenvalue weighted by Crippen LogP contribution is -2.40. The Morgan fingerprint density at radius 1 is 1.26 bits per heavy atom. The van der Waals surface area contributed by atoms with Crippen molar-refractivity contribution in [3.8, 4) is 0 Å². The van der Waals surface area contributed by atoms with Crippen molar-refractivity contribution >= 4 is 51.7 Å². The summed E-state index contributed by atoms with van der Waals surface area (Å²) in [5, 5.41) is 0. The highest BCUT2D eigenvalue weighted by Gasteiger charge is 2.35. The van der Waals surface area contributed by atoms with E-state index in [1.54, 1.807) is 21.6 Å². The minimum atomic E-state index is -0.168. The molecule has 3 aliphatic heterocycles. The van der Waals surface area contributed by atoms with E-state index >= 15 is 0 Å². The van der Waals surface area contributed by atoms with Crippen LogP contribution in [0.3, 0.4) is 0 Å². The van der Waals surface area contributed by atoms with Crippen LogP contribution in [0, 0.1) is 18.8 Å². The van der Waals surface area contributed by atoms with Gasteiger partial charge in [0.25, 0.3) is 11.5 Å². The topological polar surface area (TPSA) is 67.2 Å². The number of thiocarbonyl (C=S) groups is 1. The molecule has 3 aliphatic rings. The number of hydrogen-bond donors (Lipinski definition) is 0. The molecule has 0 aromatic carbocycles. The molecule has 3 saturated heterocycles. The highest BCUT2D eigenvalue weighted by Crippen LogP contribution is 2.35. The molecule has 3 atom stereocenters. The lowest BCUT2D eigenvalue weighted by molar-refractivity contribution is -0.123. The SMILES string of the molecule is Cc1cccn2c(=O)c(/C=C3\SC(=S)N(CC4CCCO4)C3=O)c(N3CC(C)CC(C)C3)nc12. The minimum Gasteiger partial charge on any atom is -0.376 e. The lowest BCUT2D eigenvalue weighted by atomic mass is 9.91. The van der Waals surface area contributed by atoms with E-state index in [4.69, 9.17) is 21.9 Å². The first-order valence-corrected chi connectivity index (χ1v) is 13.2. The third-order valence-electron chi connectivity index (χ3n) is 6.79. The van der Waals surface area contributed by atoms with E-state index in [1.807, 2.05) is 19.1 Å². The molecule has 3 fully saturated rings. The average Bonchev–Trinajstić information content (AvgIpc) is 3.39. The molecule has 9 heteroatoms. The predicted octanol–water partition coefficient (Wildman–Crippen LogP) is 3.87. The summed E-state index contributed by atoms with van der Waals surface area (Å²) in [6, 6.07) is 3.81. The Hall–Kier alpha value is -2.23. The Morgan fingerprint density at radius 2 is 2.03 bits per heavy atom. The number of aryl methyl sites for hydroxylation is 1. The number of aromatic nitrogens is 2. The second-order valence-corrected chi connectivity index (χ2v) is 11.5. The number of amides is 1. The molecule has 2 aromatic heterocycles. The van der Waals surface area contributed by atoms with Gasteiger partial charge in [-0.05, 0) is 55.7 Å². The van der Waals surface area contributed by atoms with Gasteiger partial charge in [-0.25, -0.2) is 4.98 Å². The van der Waals surface area contributed by atoms with Crippen molar-refractivity contribution in [2.45, 2.75) is 46.1 Å². The van der Waals surface area contributed by atoms with Gasteiger partial charge in [0.05, 0.1) is 23.1 Å². The van der Waals surface area contributed by atoms with Crippen molar-refractivity contribution in [3.63, 3.8) is 0 Å². The number of anilines is 1. The van der Waals surface area contributed by atoms with Crippen LogP contribution in [0.4, 0.5) is 5.82 Å². The molecule has 34 heavy (non-hydrogen) atoms. The van der Waals surface area contributed by atoms with Gasteiger partial charge in [0, 0.05) is 25.9 Å². The zero-order chi connectivity index (χ0) is 24.0. The number of carbonyl (C=O) groups is 1. The molecule has 5 heterocycles. The van der Waals surface area contributed by atoms with Gasteiger partial charge in [-0.2, -0.15) is 0 Å². The Labute approximate surface area is 209 Å². The number of fused-ring (bicyclic) bond motifs is 1. The van der Waals surface area contributed by atoms with E-state index < -0.39 is 0 Å². The smallest absolute Gasteiger partial charge is 0.267 e. The zero-order valence-corrected chi connectivity index (χ0v) is 21.5. The van der Waals surface area contributed by atoms with Crippen molar-refractivity contribution in [2.24, 2.45) is 11.8 Å². The van der Waals surface area contributed by atoms with E-state index in [2.05, 4.69) is 18.7 Å². The van der Waals surface area contributed by atoms with Gasteiger partial charge in [0.15, 0.2) is 0 Å². The summed E-state index contributed by atoms with van der Waals surface area (Å²) in [5.41, 5.74) is 1.87. The normalized spacial score (nSPS) is 26.9. The summed E-state index contributed by atoms with van der Waals surface area (Å²) in [5.74, 6) is 1.49. The van der Waals surface area contributed by atoms with E-state index in [0.29, 0.717) is 44.6 Å². The standard InChI is InChI=1S/C25H30N4O3S2/c1-15-10-16(2)13-27(12-15)22-19(23(30)28-8-4-6-17(3)21(28)26-22)11-20-24(31)29(25(33)34-20)14-18-7-5-9-32-18/h4,6,8,11,15-16,18H,5,7,9-10,12-14H2,1-3H3/b20-11-. The average molecular weight is 499 g/mol. The second kappa shape index (κ2) is 9.43. The van der Waals surface area contributed by atoms with Crippen LogP contribution in [0.25, 0.3) is 11.7 Å². The largest absolute Gasteiger partial charge is 0.376 e. The summed E-state index contributed by atoms with van der Waals surface area (Å²) in [7, 11) is 0. The van der Waals surface area contributed by atoms with Crippen LogP contribution < -0.4 is 10.5 Å². The molecule has 0 radical (unpaired) electrons. The second-order valence-electron chi connectivity index (χ2n) is 9.82. The van der Waals surface area contributed by atoms with E-state index in [0.717, 1.165) is 44.5 Å². The van der Waals surface area contributed by atoms with Crippen molar-refractivity contribution in [1.82, 2.24) is 14.3 Å². The quantitative estimate of drug-likeness (QED) is 0.468. The maximum Gasteiger partial charge on any atom is 0.267 e. The van der Waals surface area contributed by atoms with Gasteiger partial charge >= 0.3 is 0 Å². The van der Waals surface area contributed by atoms with Crippen LogP contribution in [0.1, 0.15) is 44.2 Å². The van der Waals surface area contributed by atoms with Crippen LogP contribution >= 0.6 is 24.0 Å². The molecule has 3 unspecified atom stereocenters. The third-order valence-corrected chi connectivity index (χ3v) is 8.17. The molecular formula is C25H30N4O3S2. The van der Waals surface area contributed by atoms with Crippen LogP contribution in [-0.4, -0.2) is 56.9 Å². The molecule has 0 saturated carbocycles. The van der Waals surface area contributed by atoms with Crippen LogP contribution in [0.5, 0.6) is 0 Å². The number of rotatable bonds is 4. The first-order valence-electron chi connectivity index (χ1n) is 12.0. The molecule has 0 N–H and O–H groups in total. The Balaban J connectivity index is 1.59. The van der Waals surface area contributed by atoms with Crippen LogP contribution in [-0.2, 0) is 9.53 Å². The number of hydrogen-bond acceptors (Lipinski definition) is 7. The number of ether oxygens (including phenoxy) is 1. The highest BCUT2D eigenvalue weighted by atomic mass is 32.2. The summed E-state index contributed by atoms with van der Waals surface area (Å²) >= 11 is 6.78. The van der Waals surface area contributed by atoms with E-state index in [-0.39, 0.29) is 17.6 Å². The summed E-state index contributed by atoms with van der Waals surface area (Å²) < 4.78 is 7.80. The van der Waals surface area contributed by atoms with Gasteiger partial charge in [-0.3, -0.25) is 18.9 Å². The molecule has 2 aromatic rings. The zero-order valence-electron chi connectivity index (χ0n) is 19.8. The molecule has 5 rings (SSSR count). The van der Waals surface area contributed by atoms with Gasteiger partial charge in [-0.15, -0.1) is 0 Å². The van der Waals surface area contributed by atoms with Crippen molar-refractivity contribution in [2.75, 3.05) is 31.1 Å². The fourth-order valence-corrected chi connectivity index (χ4v) is 6.54. The van der Waals surface area contributed by atoms with E-state index in [1.165, 1.54) is 11.8 Å². The number of carbonyl (C=O) groups excluding carboxylic acids is 1. The van der Waals surface area contributed by atoms with Crippen molar-refractivity contribution < 1.29 is 9.53 Å². The Kier molecular flexibility index (Phi) is 6.52. The maximum absolute atomic E-state index is 13.7. The van der Waals surface area contributed by atoms with Crippen molar-refractivity contribution in [1.29, 1.82) is 0 Å². The molecule has 180 valence electrons. The summed E-state index contributed by atoms with van der Waals surface area (Å²) in [6.07, 6.45) is 6.55. The monoisotopic (exact) mass is 498 g/mol. The third kappa shape index (κ3) is 4.41. The minimum absolute atomic E-state index is 0.0182. The summed E-state index contributed by atoms with van der Waals surface area (Å²) in [4.78, 5) is 36.3. The first-order chi connectivity index (χ1) is 16.3. The van der Waals surface area contributed by atoms with Gasteiger partial charge in [0.2, 0.25) is 0 Å². The van der Waals surface area contributed by atoms with Gasteiger partial charge in [0.1, 0.15) is 15.8 Å².